The van der Waals surface area contributed by atoms with Crippen molar-refractivity contribution < 1.29 is 13.2 Å². The number of hydrogen-bond acceptors (Lipinski definition) is 2. The molecule has 1 heterocycles. The number of alkyl halides is 3. The summed E-state index contributed by atoms with van der Waals surface area (Å²) < 4.78 is 38.3. The highest BCUT2D eigenvalue weighted by Gasteiger charge is 2.30. The number of hydrogen-bond donors (Lipinski definition) is 0. The van der Waals surface area contributed by atoms with Crippen LogP contribution in [0.3, 0.4) is 0 Å². The minimum absolute atomic E-state index is 0.641. The number of fused-ring (bicyclic) bond motifs is 1. The zero-order chi connectivity index (χ0) is 18.7. The van der Waals surface area contributed by atoms with Crippen LogP contribution in [0.5, 0.6) is 0 Å². The number of allylic oxidation sites excluding steroid dienone is 4. The van der Waals surface area contributed by atoms with Crippen LogP contribution in [-0.4, -0.2) is 12.8 Å². The molecule has 0 unspecified atom stereocenters. The van der Waals surface area contributed by atoms with Gasteiger partial charge in [0.15, 0.2) is 0 Å². The summed E-state index contributed by atoms with van der Waals surface area (Å²) in [6, 6.07) is 13.3. The largest absolute Gasteiger partial charge is 0.416 e. The third-order valence-electron chi connectivity index (χ3n) is 4.21. The molecule has 1 aliphatic rings. The third kappa shape index (κ3) is 4.05. The molecule has 0 bridgehead atoms. The van der Waals surface area contributed by atoms with Gasteiger partial charge in [-0.1, -0.05) is 36.9 Å². The summed E-state index contributed by atoms with van der Waals surface area (Å²) in [7, 11) is 1.86. The fourth-order valence-electron chi connectivity index (χ4n) is 2.67. The summed E-state index contributed by atoms with van der Waals surface area (Å²) in [5.74, 6) is 0.701. The van der Waals surface area contributed by atoms with Crippen LogP contribution < -0.4 is 4.90 Å². The first kappa shape index (κ1) is 18.4. The molecular weight excluding hydrogens is 355 g/mol. The number of nitrogens with zero attached hydrogens (tertiary/aromatic N) is 1. The molecule has 26 heavy (non-hydrogen) atoms. The Bertz CT molecular complexity index is 864. The van der Waals surface area contributed by atoms with Gasteiger partial charge in [-0.2, -0.15) is 13.2 Å². The van der Waals surface area contributed by atoms with Crippen LogP contribution in [0.25, 0.3) is 5.57 Å². The number of rotatable bonds is 2. The molecule has 1 nitrogen and oxygen atoms in total. The predicted octanol–water partition coefficient (Wildman–Crippen LogP) is 6.40. The third-order valence-corrected chi connectivity index (χ3v) is 5.31. The zero-order valence-electron chi connectivity index (χ0n) is 14.3. The van der Waals surface area contributed by atoms with E-state index in [0.29, 0.717) is 11.4 Å². The molecule has 0 aromatic heterocycles. The molecular formula is C21H18F3NS. The maximum Gasteiger partial charge on any atom is 0.416 e. The molecule has 2 aromatic carbocycles. The van der Waals surface area contributed by atoms with Crippen molar-refractivity contribution in [2.75, 3.05) is 17.7 Å². The molecule has 134 valence electrons. The summed E-state index contributed by atoms with van der Waals surface area (Å²) in [5.41, 5.74) is 3.10. The van der Waals surface area contributed by atoms with Gasteiger partial charge in [-0.15, -0.1) is 11.8 Å². The monoisotopic (exact) mass is 373 g/mol. The van der Waals surface area contributed by atoms with Crippen molar-refractivity contribution >= 4 is 23.0 Å². The Labute approximate surface area is 155 Å². The maximum absolute atomic E-state index is 12.8. The molecule has 2 aromatic rings. The lowest BCUT2D eigenvalue weighted by Crippen LogP contribution is -2.18. The standard InChI is InChI=1S/C21H18F3NS/c1-15-6-5-7-18(14-26-20-9-4-3-8-19(15)20)25(2)17-12-10-16(11-13-17)21(22,23)24/h3-13H,1,14H2,2H3/b6-5-,18-7+. The minimum atomic E-state index is -4.32. The molecule has 0 atom stereocenters. The molecule has 0 saturated carbocycles. The molecule has 0 radical (unpaired) electrons. The van der Waals surface area contributed by atoms with Gasteiger partial charge in [-0.05, 0) is 47.5 Å². The lowest BCUT2D eigenvalue weighted by molar-refractivity contribution is -0.137. The quantitative estimate of drug-likeness (QED) is 0.599. The number of thioether (sulfide) groups is 1. The number of anilines is 1. The Morgan fingerprint density at radius 2 is 1.73 bits per heavy atom. The van der Waals surface area contributed by atoms with E-state index in [4.69, 9.17) is 0 Å². The van der Waals surface area contributed by atoms with Gasteiger partial charge in [0.1, 0.15) is 0 Å². The van der Waals surface area contributed by atoms with Crippen molar-refractivity contribution in [1.29, 1.82) is 0 Å². The van der Waals surface area contributed by atoms with Crippen LogP contribution in [-0.2, 0) is 6.18 Å². The smallest absolute Gasteiger partial charge is 0.347 e. The van der Waals surface area contributed by atoms with Gasteiger partial charge in [-0.3, -0.25) is 0 Å². The van der Waals surface area contributed by atoms with Gasteiger partial charge in [0.25, 0.3) is 0 Å². The molecule has 3 rings (SSSR count). The van der Waals surface area contributed by atoms with Gasteiger partial charge in [0, 0.05) is 29.1 Å². The molecule has 0 aliphatic carbocycles. The molecule has 0 saturated heterocycles. The van der Waals surface area contributed by atoms with Crippen LogP contribution in [0.1, 0.15) is 11.1 Å². The van der Waals surface area contributed by atoms with E-state index in [-0.39, 0.29) is 0 Å². The minimum Gasteiger partial charge on any atom is -0.347 e. The van der Waals surface area contributed by atoms with Crippen molar-refractivity contribution in [1.82, 2.24) is 0 Å². The van der Waals surface area contributed by atoms with Crippen molar-refractivity contribution in [3.8, 4) is 0 Å². The molecule has 0 spiro atoms. The normalized spacial score (nSPS) is 18.0. The summed E-state index contributed by atoms with van der Waals surface area (Å²) in [5, 5.41) is 0. The van der Waals surface area contributed by atoms with Gasteiger partial charge in [-0.25, -0.2) is 0 Å². The highest BCUT2D eigenvalue weighted by Crippen LogP contribution is 2.33. The molecule has 5 heteroatoms. The van der Waals surface area contributed by atoms with E-state index >= 15 is 0 Å². The second-order valence-electron chi connectivity index (χ2n) is 5.93. The first-order valence-corrected chi connectivity index (χ1v) is 9.04. The molecule has 0 amide bonds. The van der Waals surface area contributed by atoms with E-state index in [9.17, 15) is 13.2 Å². The fraction of sp³-hybridized carbons (Fsp3) is 0.143. The Balaban J connectivity index is 1.86. The summed E-state index contributed by atoms with van der Waals surface area (Å²) >= 11 is 1.69. The van der Waals surface area contributed by atoms with E-state index in [0.717, 1.165) is 33.9 Å². The number of halogens is 3. The van der Waals surface area contributed by atoms with Gasteiger partial charge < -0.3 is 4.90 Å². The highest BCUT2D eigenvalue weighted by atomic mass is 32.2. The Morgan fingerprint density at radius 3 is 2.42 bits per heavy atom. The fourth-order valence-corrected chi connectivity index (χ4v) is 3.79. The zero-order valence-corrected chi connectivity index (χ0v) is 15.1. The maximum atomic E-state index is 12.8. The number of benzene rings is 2. The van der Waals surface area contributed by atoms with E-state index in [1.807, 2.05) is 48.4 Å². The van der Waals surface area contributed by atoms with Crippen LogP contribution in [0.2, 0.25) is 0 Å². The lowest BCUT2D eigenvalue weighted by atomic mass is 10.1. The van der Waals surface area contributed by atoms with Crippen LogP contribution in [0.15, 0.2) is 83.9 Å². The van der Waals surface area contributed by atoms with E-state index < -0.39 is 11.7 Å². The van der Waals surface area contributed by atoms with Crippen LogP contribution in [0.4, 0.5) is 18.9 Å². The second kappa shape index (κ2) is 7.46. The topological polar surface area (TPSA) is 3.24 Å². The Hall–Kier alpha value is -2.40. The Kier molecular flexibility index (Phi) is 5.28. The van der Waals surface area contributed by atoms with Crippen molar-refractivity contribution in [2.24, 2.45) is 0 Å². The van der Waals surface area contributed by atoms with E-state index in [1.54, 1.807) is 11.8 Å². The predicted molar refractivity (Wildman–Crippen MR) is 103 cm³/mol. The average Bonchev–Trinajstić information content (AvgIpc) is 2.70. The Morgan fingerprint density at radius 1 is 1.04 bits per heavy atom. The summed E-state index contributed by atoms with van der Waals surface area (Å²) in [6.45, 7) is 4.11. The van der Waals surface area contributed by atoms with Crippen molar-refractivity contribution in [3.63, 3.8) is 0 Å². The molecule has 0 fully saturated rings. The van der Waals surface area contributed by atoms with Crippen molar-refractivity contribution in [3.05, 3.63) is 90.2 Å². The van der Waals surface area contributed by atoms with Crippen molar-refractivity contribution in [2.45, 2.75) is 11.1 Å². The lowest BCUT2D eigenvalue weighted by Gasteiger charge is -2.23. The molecule has 1 aliphatic heterocycles. The summed E-state index contributed by atoms with van der Waals surface area (Å²) in [6.07, 6.45) is 1.53. The van der Waals surface area contributed by atoms with E-state index in [1.165, 1.54) is 12.1 Å². The SMILES string of the molecule is C=C1/C=C\C=C(\N(C)c2ccc(C(F)(F)F)cc2)CSc2ccccc21. The summed E-state index contributed by atoms with van der Waals surface area (Å²) in [4.78, 5) is 3.05. The van der Waals surface area contributed by atoms with Gasteiger partial charge >= 0.3 is 6.18 Å². The first-order chi connectivity index (χ1) is 12.4. The average molecular weight is 373 g/mol. The van der Waals surface area contributed by atoms with Crippen LogP contribution >= 0.6 is 11.8 Å². The first-order valence-electron chi connectivity index (χ1n) is 8.05. The molecule has 0 N–H and O–H groups in total. The highest BCUT2D eigenvalue weighted by molar-refractivity contribution is 7.99. The van der Waals surface area contributed by atoms with E-state index in [2.05, 4.69) is 12.6 Å². The van der Waals surface area contributed by atoms with Gasteiger partial charge in [0.05, 0.1) is 5.56 Å². The van der Waals surface area contributed by atoms with Gasteiger partial charge in [0.2, 0.25) is 0 Å². The second-order valence-corrected chi connectivity index (χ2v) is 6.95. The van der Waals surface area contributed by atoms with Crippen LogP contribution in [0, 0.1) is 0 Å².